The van der Waals surface area contributed by atoms with E-state index in [1.807, 2.05) is 18.2 Å². The molecule has 3 aliphatic rings. The van der Waals surface area contributed by atoms with E-state index in [4.69, 9.17) is 4.74 Å². The molecule has 3 fully saturated rings. The molecule has 1 saturated heterocycles. The van der Waals surface area contributed by atoms with Crippen LogP contribution in [0.25, 0.3) is 0 Å². The number of fused-ring (bicyclic) bond motifs is 5. The SMILES string of the molecule is CC(=O)Nc1ccc(NC(=O)COC(=O)c2ccc(N3C(=O)[C@@H]4[C@@H]5C[C@@H]([C@H]4C3=O)[C@H](c3ccccc3)C5)cc2)cc1. The first-order valence-electron chi connectivity index (χ1n) is 13.7. The average Bonchev–Trinajstić information content (AvgIpc) is 3.64. The summed E-state index contributed by atoms with van der Waals surface area (Å²) >= 11 is 0. The quantitative estimate of drug-likeness (QED) is 0.332. The molecule has 0 aromatic heterocycles. The molecular weight excluding hydrogens is 522 g/mol. The van der Waals surface area contributed by atoms with E-state index in [0.717, 1.165) is 12.8 Å². The molecule has 4 amide bonds. The highest BCUT2D eigenvalue weighted by Gasteiger charge is 2.64. The van der Waals surface area contributed by atoms with E-state index in [0.29, 0.717) is 17.1 Å². The Morgan fingerprint density at radius 2 is 1.44 bits per heavy atom. The van der Waals surface area contributed by atoms with E-state index in [1.165, 1.54) is 29.5 Å². The molecule has 9 nitrogen and oxygen atoms in total. The summed E-state index contributed by atoms with van der Waals surface area (Å²) in [5.74, 6) is -1.69. The summed E-state index contributed by atoms with van der Waals surface area (Å²) in [6.07, 6.45) is 1.82. The van der Waals surface area contributed by atoms with Gasteiger partial charge in [-0.25, -0.2) is 4.79 Å². The van der Waals surface area contributed by atoms with Gasteiger partial charge in [-0.1, -0.05) is 30.3 Å². The summed E-state index contributed by atoms with van der Waals surface area (Å²) in [7, 11) is 0. The maximum atomic E-state index is 13.5. The number of nitrogens with zero attached hydrogens (tertiary/aromatic N) is 1. The molecule has 3 aromatic rings. The lowest BCUT2D eigenvalue weighted by Crippen LogP contribution is -2.33. The number of imide groups is 1. The molecule has 2 bridgehead atoms. The highest BCUT2D eigenvalue weighted by molar-refractivity contribution is 6.22. The average molecular weight is 552 g/mol. The summed E-state index contributed by atoms with van der Waals surface area (Å²) in [5.41, 5.74) is 2.94. The topological polar surface area (TPSA) is 122 Å². The summed E-state index contributed by atoms with van der Waals surface area (Å²) in [5, 5.41) is 5.25. The fraction of sp³-hybridized carbons (Fsp3) is 0.281. The highest BCUT2D eigenvalue weighted by Crippen LogP contribution is 2.61. The van der Waals surface area contributed by atoms with Gasteiger partial charge in [0.1, 0.15) is 0 Å². The zero-order valence-corrected chi connectivity index (χ0v) is 22.4. The van der Waals surface area contributed by atoms with E-state index in [9.17, 15) is 24.0 Å². The number of esters is 1. The number of benzene rings is 3. The Bertz CT molecular complexity index is 1520. The molecular formula is C32H29N3O6. The molecule has 2 saturated carbocycles. The van der Waals surface area contributed by atoms with Crippen LogP contribution in [-0.2, 0) is 23.9 Å². The van der Waals surface area contributed by atoms with Crippen LogP contribution in [0.5, 0.6) is 0 Å². The molecule has 41 heavy (non-hydrogen) atoms. The third-order valence-electron chi connectivity index (χ3n) is 8.43. The minimum absolute atomic E-state index is 0.156. The van der Waals surface area contributed by atoms with Gasteiger partial charge in [0, 0.05) is 18.3 Å². The van der Waals surface area contributed by atoms with E-state index in [1.54, 1.807) is 36.4 Å². The van der Waals surface area contributed by atoms with Crippen LogP contribution < -0.4 is 15.5 Å². The molecule has 0 unspecified atom stereocenters. The molecule has 2 N–H and O–H groups in total. The maximum absolute atomic E-state index is 13.5. The van der Waals surface area contributed by atoms with Gasteiger partial charge in [0.05, 0.1) is 23.1 Å². The van der Waals surface area contributed by atoms with Gasteiger partial charge in [-0.15, -0.1) is 0 Å². The Morgan fingerprint density at radius 1 is 0.805 bits per heavy atom. The summed E-state index contributed by atoms with van der Waals surface area (Å²) in [6.45, 7) is 0.906. The maximum Gasteiger partial charge on any atom is 0.338 e. The number of nitrogens with one attached hydrogen (secondary N) is 2. The van der Waals surface area contributed by atoms with E-state index < -0.39 is 18.5 Å². The minimum atomic E-state index is -0.701. The zero-order chi connectivity index (χ0) is 28.7. The smallest absolute Gasteiger partial charge is 0.338 e. The van der Waals surface area contributed by atoms with Crippen molar-refractivity contribution in [3.05, 3.63) is 90.0 Å². The Balaban J connectivity index is 1.06. The molecule has 0 radical (unpaired) electrons. The first-order chi connectivity index (χ1) is 19.8. The van der Waals surface area contributed by atoms with Crippen molar-refractivity contribution in [1.82, 2.24) is 0 Å². The van der Waals surface area contributed by atoms with Crippen LogP contribution in [-0.4, -0.2) is 36.2 Å². The zero-order valence-electron chi connectivity index (χ0n) is 22.4. The number of amides is 4. The fourth-order valence-corrected chi connectivity index (χ4v) is 6.80. The second-order valence-corrected chi connectivity index (χ2v) is 10.9. The number of hydrogen-bond donors (Lipinski definition) is 2. The van der Waals surface area contributed by atoms with Gasteiger partial charge >= 0.3 is 5.97 Å². The normalized spacial score (nSPS) is 24.2. The lowest BCUT2D eigenvalue weighted by Gasteiger charge is -2.28. The van der Waals surface area contributed by atoms with Gasteiger partial charge in [0.2, 0.25) is 17.7 Å². The van der Waals surface area contributed by atoms with Crippen LogP contribution in [0.1, 0.15) is 41.6 Å². The monoisotopic (exact) mass is 551 g/mol. The van der Waals surface area contributed by atoms with Crippen molar-refractivity contribution >= 4 is 46.7 Å². The van der Waals surface area contributed by atoms with Gasteiger partial charge in [-0.05, 0) is 84.7 Å². The van der Waals surface area contributed by atoms with Gasteiger partial charge in [0.25, 0.3) is 5.91 Å². The van der Waals surface area contributed by atoms with Crippen molar-refractivity contribution in [2.45, 2.75) is 25.7 Å². The van der Waals surface area contributed by atoms with Crippen LogP contribution in [0.3, 0.4) is 0 Å². The van der Waals surface area contributed by atoms with Crippen molar-refractivity contribution in [2.24, 2.45) is 23.7 Å². The number of carbonyl (C=O) groups is 5. The molecule has 9 heteroatoms. The standard InChI is InChI=1S/C32H29N3O6/c1-18(36)33-22-9-11-23(12-10-22)34-27(37)17-41-32(40)20-7-13-24(14-8-20)35-30(38)28-21-15-25(19-5-3-2-4-6-19)26(16-21)29(28)31(35)39/h2-14,21,25-26,28-29H,15-17H2,1H3,(H,33,36)(H,34,37)/t21-,25-,26+,28+,29+/m0/s1. The van der Waals surface area contributed by atoms with Crippen molar-refractivity contribution in [3.63, 3.8) is 0 Å². The first-order valence-corrected chi connectivity index (χ1v) is 13.7. The van der Waals surface area contributed by atoms with Crippen LogP contribution >= 0.6 is 0 Å². The molecule has 3 aromatic carbocycles. The predicted octanol–water partition coefficient (Wildman–Crippen LogP) is 4.37. The molecule has 1 aliphatic heterocycles. The second kappa shape index (κ2) is 10.6. The third-order valence-corrected chi connectivity index (χ3v) is 8.43. The molecule has 5 atom stereocenters. The Morgan fingerprint density at radius 3 is 2.10 bits per heavy atom. The van der Waals surface area contributed by atoms with Crippen LogP contribution in [0, 0.1) is 23.7 Å². The molecule has 1 heterocycles. The van der Waals surface area contributed by atoms with E-state index in [-0.39, 0.29) is 52.9 Å². The van der Waals surface area contributed by atoms with Gasteiger partial charge in [-0.2, -0.15) is 0 Å². The molecule has 208 valence electrons. The fourth-order valence-electron chi connectivity index (χ4n) is 6.80. The van der Waals surface area contributed by atoms with Crippen LogP contribution in [0.2, 0.25) is 0 Å². The number of hydrogen-bond acceptors (Lipinski definition) is 6. The summed E-state index contributed by atoms with van der Waals surface area (Å²) in [6, 6.07) is 22.9. The number of rotatable bonds is 7. The second-order valence-electron chi connectivity index (χ2n) is 10.9. The van der Waals surface area contributed by atoms with Gasteiger partial charge < -0.3 is 15.4 Å². The van der Waals surface area contributed by atoms with Crippen LogP contribution in [0.4, 0.5) is 17.1 Å². The minimum Gasteiger partial charge on any atom is -0.452 e. The Kier molecular flexibility index (Phi) is 6.86. The highest BCUT2D eigenvalue weighted by atomic mass is 16.5. The number of ether oxygens (including phenoxy) is 1. The largest absolute Gasteiger partial charge is 0.452 e. The van der Waals surface area contributed by atoms with Gasteiger partial charge in [0.15, 0.2) is 6.61 Å². The first kappa shape index (κ1) is 26.4. The number of carbonyl (C=O) groups excluding carboxylic acids is 5. The molecule has 0 spiro atoms. The van der Waals surface area contributed by atoms with Crippen molar-refractivity contribution < 1.29 is 28.7 Å². The Hall–Kier alpha value is -4.79. The lowest BCUT2D eigenvalue weighted by molar-refractivity contribution is -0.123. The molecule has 6 rings (SSSR count). The van der Waals surface area contributed by atoms with Crippen molar-refractivity contribution in [3.8, 4) is 0 Å². The van der Waals surface area contributed by atoms with Gasteiger partial charge in [-0.3, -0.25) is 24.1 Å². The predicted molar refractivity (Wildman–Crippen MR) is 151 cm³/mol. The summed E-state index contributed by atoms with van der Waals surface area (Å²) in [4.78, 5) is 64.1. The van der Waals surface area contributed by atoms with Crippen molar-refractivity contribution in [2.75, 3.05) is 22.1 Å². The van der Waals surface area contributed by atoms with Crippen LogP contribution in [0.15, 0.2) is 78.9 Å². The molecule has 2 aliphatic carbocycles. The van der Waals surface area contributed by atoms with Crippen molar-refractivity contribution in [1.29, 1.82) is 0 Å². The van der Waals surface area contributed by atoms with E-state index in [2.05, 4.69) is 22.8 Å². The Labute approximate surface area is 236 Å². The number of anilines is 3. The lowest BCUT2D eigenvalue weighted by atomic mass is 9.73. The summed E-state index contributed by atoms with van der Waals surface area (Å²) < 4.78 is 5.14. The third kappa shape index (κ3) is 4.99. The van der Waals surface area contributed by atoms with E-state index >= 15 is 0 Å².